The van der Waals surface area contributed by atoms with Crippen molar-refractivity contribution in [3.05, 3.63) is 30.1 Å². The van der Waals surface area contributed by atoms with Gasteiger partial charge in [0.25, 0.3) is 0 Å². The second kappa shape index (κ2) is 4.57. The number of carbonyl (C=O) groups excluding carboxylic acids is 1. The fourth-order valence-corrected chi connectivity index (χ4v) is 3.36. The number of hydrogen-bond acceptors (Lipinski definition) is 3. The lowest BCUT2D eigenvalue weighted by atomic mass is 9.91. The van der Waals surface area contributed by atoms with Gasteiger partial charge in [-0.3, -0.25) is 9.78 Å². The number of nitrogens with zero attached hydrogens (tertiary/aromatic N) is 1. The predicted octanol–water partition coefficient (Wildman–Crippen LogP) is 2.04. The molecule has 17 heavy (non-hydrogen) atoms. The van der Waals surface area contributed by atoms with E-state index < -0.39 is 0 Å². The van der Waals surface area contributed by atoms with Crippen LogP contribution in [0.3, 0.4) is 0 Å². The number of Topliss-reactive ketones (excluding diaryl/α,β-unsaturated/α-hetero) is 1. The average molecular weight is 230 g/mol. The van der Waals surface area contributed by atoms with Gasteiger partial charge in [0, 0.05) is 18.7 Å². The quantitative estimate of drug-likeness (QED) is 0.808. The molecule has 2 fully saturated rings. The van der Waals surface area contributed by atoms with E-state index in [4.69, 9.17) is 0 Å². The molecule has 3 rings (SSSR count). The molecule has 3 atom stereocenters. The van der Waals surface area contributed by atoms with Gasteiger partial charge < -0.3 is 5.32 Å². The summed E-state index contributed by atoms with van der Waals surface area (Å²) in [6, 6.07) is 5.92. The molecule has 1 saturated carbocycles. The van der Waals surface area contributed by atoms with Crippen LogP contribution in [0.5, 0.6) is 0 Å². The van der Waals surface area contributed by atoms with Crippen molar-refractivity contribution in [1.29, 1.82) is 0 Å². The minimum Gasteiger partial charge on any atom is -0.313 e. The second-order valence-electron chi connectivity index (χ2n) is 5.21. The molecule has 0 aromatic carbocycles. The molecule has 1 aromatic rings. The maximum absolute atomic E-state index is 12.1. The van der Waals surface area contributed by atoms with E-state index in [9.17, 15) is 4.79 Å². The molecule has 0 bridgehead atoms. The maximum atomic E-state index is 12.1. The molecule has 3 unspecified atom stereocenters. The molecule has 2 heterocycles. The first kappa shape index (κ1) is 10.9. The summed E-state index contributed by atoms with van der Waals surface area (Å²) < 4.78 is 0. The first-order valence-electron chi connectivity index (χ1n) is 6.52. The van der Waals surface area contributed by atoms with E-state index in [0.29, 0.717) is 18.2 Å². The number of pyridine rings is 1. The Morgan fingerprint density at radius 3 is 3.18 bits per heavy atom. The Morgan fingerprint density at radius 1 is 1.41 bits per heavy atom. The van der Waals surface area contributed by atoms with Crippen LogP contribution in [0, 0.1) is 11.8 Å². The van der Waals surface area contributed by atoms with Crippen molar-refractivity contribution >= 4 is 5.78 Å². The van der Waals surface area contributed by atoms with Crippen LogP contribution in [0.4, 0.5) is 0 Å². The molecule has 1 N–H and O–H groups in total. The number of fused-ring (bicyclic) bond motifs is 1. The van der Waals surface area contributed by atoms with Gasteiger partial charge in [-0.1, -0.05) is 12.5 Å². The lowest BCUT2D eigenvalue weighted by molar-refractivity contribution is 0.0958. The van der Waals surface area contributed by atoms with Crippen molar-refractivity contribution in [2.75, 3.05) is 6.54 Å². The number of carbonyl (C=O) groups is 1. The summed E-state index contributed by atoms with van der Waals surface area (Å²) in [6.45, 7) is 1.10. The Bertz CT molecular complexity index is 404. The fraction of sp³-hybridized carbons (Fsp3) is 0.571. The maximum Gasteiger partial charge on any atom is 0.182 e. The average Bonchev–Trinajstić information content (AvgIpc) is 2.95. The van der Waals surface area contributed by atoms with Crippen LogP contribution in [0.15, 0.2) is 24.4 Å². The number of hydrogen-bond donors (Lipinski definition) is 1. The van der Waals surface area contributed by atoms with Crippen LogP contribution >= 0.6 is 0 Å². The monoisotopic (exact) mass is 230 g/mol. The SMILES string of the molecule is O=C(CC1NCC2CCCC21)c1ccccn1. The highest BCUT2D eigenvalue weighted by Crippen LogP contribution is 2.38. The minimum atomic E-state index is 0.177. The zero-order valence-electron chi connectivity index (χ0n) is 9.93. The molecular weight excluding hydrogens is 212 g/mol. The molecule has 0 amide bonds. The zero-order valence-corrected chi connectivity index (χ0v) is 9.93. The first-order chi connectivity index (χ1) is 8.34. The number of aromatic nitrogens is 1. The van der Waals surface area contributed by atoms with Crippen molar-refractivity contribution in [1.82, 2.24) is 10.3 Å². The normalized spacial score (nSPS) is 31.4. The van der Waals surface area contributed by atoms with Crippen molar-refractivity contribution in [2.24, 2.45) is 11.8 Å². The fourth-order valence-electron chi connectivity index (χ4n) is 3.36. The third-order valence-electron chi connectivity index (χ3n) is 4.23. The third-order valence-corrected chi connectivity index (χ3v) is 4.23. The standard InChI is InChI=1S/C14H18N2O/c17-14(12-6-1-2-7-15-12)8-13-11-5-3-4-10(11)9-16-13/h1-2,6-7,10-11,13,16H,3-5,8-9H2. The molecule has 1 aromatic heterocycles. The summed E-state index contributed by atoms with van der Waals surface area (Å²) in [5.41, 5.74) is 0.607. The highest BCUT2D eigenvalue weighted by Gasteiger charge is 2.39. The van der Waals surface area contributed by atoms with Gasteiger partial charge in [-0.15, -0.1) is 0 Å². The molecular formula is C14H18N2O. The molecule has 1 aliphatic heterocycles. The zero-order chi connectivity index (χ0) is 11.7. The summed E-state index contributed by atoms with van der Waals surface area (Å²) in [7, 11) is 0. The summed E-state index contributed by atoms with van der Waals surface area (Å²) >= 11 is 0. The Hall–Kier alpha value is -1.22. The molecule has 0 spiro atoms. The Balaban J connectivity index is 1.66. The smallest absolute Gasteiger partial charge is 0.182 e. The van der Waals surface area contributed by atoms with Crippen molar-refractivity contribution in [3.63, 3.8) is 0 Å². The highest BCUT2D eigenvalue weighted by molar-refractivity contribution is 5.94. The minimum absolute atomic E-state index is 0.177. The molecule has 1 saturated heterocycles. The van der Waals surface area contributed by atoms with Gasteiger partial charge >= 0.3 is 0 Å². The van der Waals surface area contributed by atoms with E-state index in [1.54, 1.807) is 6.20 Å². The topological polar surface area (TPSA) is 42.0 Å². The highest BCUT2D eigenvalue weighted by atomic mass is 16.1. The van der Waals surface area contributed by atoms with Gasteiger partial charge in [-0.05, 0) is 43.4 Å². The van der Waals surface area contributed by atoms with Crippen LogP contribution in [0.25, 0.3) is 0 Å². The molecule has 0 radical (unpaired) electrons. The van der Waals surface area contributed by atoms with Crippen LogP contribution in [0.2, 0.25) is 0 Å². The van der Waals surface area contributed by atoms with E-state index in [1.165, 1.54) is 19.3 Å². The lowest BCUT2D eigenvalue weighted by Crippen LogP contribution is -2.29. The van der Waals surface area contributed by atoms with Gasteiger partial charge in [0.05, 0.1) is 0 Å². The Labute approximate surface area is 102 Å². The van der Waals surface area contributed by atoms with E-state index in [0.717, 1.165) is 18.4 Å². The van der Waals surface area contributed by atoms with E-state index in [1.807, 2.05) is 18.2 Å². The van der Waals surface area contributed by atoms with Crippen LogP contribution in [-0.2, 0) is 0 Å². The molecule has 2 aliphatic rings. The van der Waals surface area contributed by atoms with Gasteiger partial charge in [-0.25, -0.2) is 0 Å². The summed E-state index contributed by atoms with van der Waals surface area (Å²) in [5.74, 6) is 1.72. The second-order valence-corrected chi connectivity index (χ2v) is 5.21. The van der Waals surface area contributed by atoms with Crippen molar-refractivity contribution in [3.8, 4) is 0 Å². The van der Waals surface area contributed by atoms with E-state index in [2.05, 4.69) is 10.3 Å². The van der Waals surface area contributed by atoms with E-state index in [-0.39, 0.29) is 5.78 Å². The van der Waals surface area contributed by atoms with E-state index >= 15 is 0 Å². The van der Waals surface area contributed by atoms with Gasteiger partial charge in [-0.2, -0.15) is 0 Å². The molecule has 1 aliphatic carbocycles. The van der Waals surface area contributed by atoms with Crippen LogP contribution in [-0.4, -0.2) is 23.4 Å². The Kier molecular flexibility index (Phi) is 2.93. The largest absolute Gasteiger partial charge is 0.313 e. The van der Waals surface area contributed by atoms with Gasteiger partial charge in [0.2, 0.25) is 0 Å². The van der Waals surface area contributed by atoms with Crippen molar-refractivity contribution < 1.29 is 4.79 Å². The number of nitrogens with one attached hydrogen (secondary N) is 1. The summed E-state index contributed by atoms with van der Waals surface area (Å²) in [4.78, 5) is 16.2. The molecule has 3 heteroatoms. The molecule has 90 valence electrons. The number of ketones is 1. The van der Waals surface area contributed by atoms with Crippen LogP contribution < -0.4 is 5.32 Å². The van der Waals surface area contributed by atoms with Crippen molar-refractivity contribution in [2.45, 2.75) is 31.7 Å². The summed E-state index contributed by atoms with van der Waals surface area (Å²) in [6.07, 6.45) is 6.26. The summed E-state index contributed by atoms with van der Waals surface area (Å²) in [5, 5.41) is 3.51. The Morgan fingerprint density at radius 2 is 2.35 bits per heavy atom. The lowest BCUT2D eigenvalue weighted by Gasteiger charge is -2.16. The van der Waals surface area contributed by atoms with Gasteiger partial charge in [0.1, 0.15) is 5.69 Å². The molecule has 3 nitrogen and oxygen atoms in total. The third kappa shape index (κ3) is 2.12. The van der Waals surface area contributed by atoms with Gasteiger partial charge in [0.15, 0.2) is 5.78 Å². The predicted molar refractivity (Wildman–Crippen MR) is 65.8 cm³/mol. The van der Waals surface area contributed by atoms with Crippen LogP contribution in [0.1, 0.15) is 36.2 Å². The first-order valence-corrected chi connectivity index (χ1v) is 6.52. The number of rotatable bonds is 3.